The first-order chi connectivity index (χ1) is 9.40. The molecule has 0 fully saturated rings. The number of amides is 1. The van der Waals surface area contributed by atoms with Crippen LogP contribution in [-0.2, 0) is 14.8 Å². The highest BCUT2D eigenvalue weighted by Crippen LogP contribution is 2.14. The molecule has 8 heteroatoms. The molecule has 0 unspecified atom stereocenters. The summed E-state index contributed by atoms with van der Waals surface area (Å²) < 4.78 is 28.9. The van der Waals surface area contributed by atoms with Crippen LogP contribution >= 0.6 is 0 Å². The Morgan fingerprint density at radius 3 is 2.40 bits per heavy atom. The van der Waals surface area contributed by atoms with Crippen molar-refractivity contribution in [3.63, 3.8) is 0 Å². The van der Waals surface area contributed by atoms with Gasteiger partial charge >= 0.3 is 0 Å². The van der Waals surface area contributed by atoms with E-state index in [-0.39, 0.29) is 19.0 Å². The van der Waals surface area contributed by atoms with E-state index in [1.54, 1.807) is 31.4 Å². The van der Waals surface area contributed by atoms with Gasteiger partial charge in [-0.1, -0.05) is 0 Å². The van der Waals surface area contributed by atoms with Crippen LogP contribution in [-0.4, -0.2) is 47.3 Å². The Labute approximate surface area is 118 Å². The zero-order valence-electron chi connectivity index (χ0n) is 11.5. The third-order valence-corrected chi connectivity index (χ3v) is 3.05. The maximum Gasteiger partial charge on any atom is 0.238 e. The molecule has 1 rings (SSSR count). The highest BCUT2D eigenvalue weighted by molar-refractivity contribution is 7.88. The van der Waals surface area contributed by atoms with E-state index in [2.05, 4.69) is 15.4 Å². The van der Waals surface area contributed by atoms with Gasteiger partial charge in [0.05, 0.1) is 19.9 Å². The second kappa shape index (κ2) is 7.83. The number of hydrogen-bond acceptors (Lipinski definition) is 5. The number of benzene rings is 1. The number of carbonyl (C=O) groups is 1. The van der Waals surface area contributed by atoms with Crippen LogP contribution in [0.4, 0.5) is 5.69 Å². The van der Waals surface area contributed by atoms with Gasteiger partial charge in [-0.05, 0) is 24.3 Å². The molecule has 0 saturated heterocycles. The minimum Gasteiger partial charge on any atom is -0.497 e. The van der Waals surface area contributed by atoms with Crippen molar-refractivity contribution < 1.29 is 17.9 Å². The average molecular weight is 301 g/mol. The largest absolute Gasteiger partial charge is 0.497 e. The molecule has 0 aliphatic carbocycles. The van der Waals surface area contributed by atoms with Crippen LogP contribution in [0.15, 0.2) is 24.3 Å². The van der Waals surface area contributed by atoms with Crippen LogP contribution in [0.1, 0.15) is 0 Å². The Bertz CT molecular complexity index is 528. The van der Waals surface area contributed by atoms with Gasteiger partial charge in [-0.3, -0.25) is 4.79 Å². The number of sulfonamides is 1. The van der Waals surface area contributed by atoms with Crippen LogP contribution in [0.5, 0.6) is 5.75 Å². The van der Waals surface area contributed by atoms with Gasteiger partial charge in [-0.15, -0.1) is 0 Å². The van der Waals surface area contributed by atoms with Gasteiger partial charge < -0.3 is 15.4 Å². The Balaban J connectivity index is 2.23. The molecule has 0 radical (unpaired) electrons. The molecule has 0 heterocycles. The number of nitrogens with one attached hydrogen (secondary N) is 3. The summed E-state index contributed by atoms with van der Waals surface area (Å²) in [6.07, 6.45) is 1.09. The summed E-state index contributed by atoms with van der Waals surface area (Å²) in [5.41, 5.74) is 0.673. The number of methoxy groups -OCH3 is 1. The summed E-state index contributed by atoms with van der Waals surface area (Å²) in [6.45, 7) is 0.731. The first-order valence-electron chi connectivity index (χ1n) is 6.00. The lowest BCUT2D eigenvalue weighted by Crippen LogP contribution is -2.35. The van der Waals surface area contributed by atoms with Crippen molar-refractivity contribution in [3.05, 3.63) is 24.3 Å². The van der Waals surface area contributed by atoms with Crippen molar-refractivity contribution in [1.29, 1.82) is 0 Å². The maximum atomic E-state index is 11.6. The number of rotatable bonds is 8. The average Bonchev–Trinajstić information content (AvgIpc) is 2.38. The van der Waals surface area contributed by atoms with E-state index in [0.29, 0.717) is 18.0 Å². The highest BCUT2D eigenvalue weighted by atomic mass is 32.2. The van der Waals surface area contributed by atoms with Gasteiger partial charge in [0.15, 0.2) is 0 Å². The summed E-state index contributed by atoms with van der Waals surface area (Å²) in [7, 11) is -1.61. The van der Waals surface area contributed by atoms with E-state index in [1.165, 1.54) is 0 Å². The lowest BCUT2D eigenvalue weighted by Gasteiger charge is -2.07. The molecule has 7 nitrogen and oxygen atoms in total. The molecule has 1 aromatic rings. The molecule has 0 aliphatic heterocycles. The van der Waals surface area contributed by atoms with E-state index in [9.17, 15) is 13.2 Å². The molecule has 112 valence electrons. The number of hydrogen-bond donors (Lipinski definition) is 3. The lowest BCUT2D eigenvalue weighted by molar-refractivity contribution is -0.115. The van der Waals surface area contributed by atoms with Crippen molar-refractivity contribution in [1.82, 2.24) is 10.0 Å². The van der Waals surface area contributed by atoms with Gasteiger partial charge in [-0.2, -0.15) is 0 Å². The van der Waals surface area contributed by atoms with Crippen molar-refractivity contribution >= 4 is 21.6 Å². The predicted octanol–water partition coefficient (Wildman–Crippen LogP) is -0.227. The molecule has 0 aliphatic rings. The first-order valence-corrected chi connectivity index (χ1v) is 7.89. The third kappa shape index (κ3) is 7.07. The lowest BCUT2D eigenvalue weighted by atomic mass is 10.3. The SMILES string of the molecule is COc1ccc(NC(=O)CNCCNS(C)(=O)=O)cc1. The second-order valence-corrected chi connectivity index (χ2v) is 5.95. The van der Waals surface area contributed by atoms with E-state index in [4.69, 9.17) is 4.74 Å². The molecular formula is C12H19N3O4S. The molecule has 20 heavy (non-hydrogen) atoms. The van der Waals surface area contributed by atoms with E-state index >= 15 is 0 Å². The molecule has 1 aromatic carbocycles. The van der Waals surface area contributed by atoms with Crippen molar-refractivity contribution in [2.24, 2.45) is 0 Å². The topological polar surface area (TPSA) is 96.5 Å². The van der Waals surface area contributed by atoms with Crippen LogP contribution in [0, 0.1) is 0 Å². The van der Waals surface area contributed by atoms with E-state index in [0.717, 1.165) is 6.26 Å². The Morgan fingerprint density at radius 2 is 1.85 bits per heavy atom. The Kier molecular flexibility index (Phi) is 6.43. The summed E-state index contributed by atoms with van der Waals surface area (Å²) in [5.74, 6) is 0.516. The number of carbonyl (C=O) groups excluding carboxylic acids is 1. The van der Waals surface area contributed by atoms with Crippen molar-refractivity contribution in [2.45, 2.75) is 0 Å². The molecule has 1 amide bonds. The maximum absolute atomic E-state index is 11.6. The molecule has 0 atom stereocenters. The highest BCUT2D eigenvalue weighted by Gasteiger charge is 2.03. The Hall–Kier alpha value is -1.64. The fraction of sp³-hybridized carbons (Fsp3) is 0.417. The van der Waals surface area contributed by atoms with Gasteiger partial charge in [-0.25, -0.2) is 13.1 Å². The minimum atomic E-state index is -3.18. The molecule has 0 spiro atoms. The molecule has 0 saturated carbocycles. The van der Waals surface area contributed by atoms with Gasteiger partial charge in [0, 0.05) is 18.8 Å². The van der Waals surface area contributed by atoms with Gasteiger partial charge in [0.1, 0.15) is 5.75 Å². The van der Waals surface area contributed by atoms with Gasteiger partial charge in [0.25, 0.3) is 0 Å². The second-order valence-electron chi connectivity index (χ2n) is 4.12. The molecular weight excluding hydrogens is 282 g/mol. The summed E-state index contributed by atoms with van der Waals surface area (Å²) in [5, 5.41) is 5.54. The summed E-state index contributed by atoms with van der Waals surface area (Å²) in [6, 6.07) is 6.97. The zero-order chi connectivity index (χ0) is 15.0. The quantitative estimate of drug-likeness (QED) is 0.577. The molecule has 0 aromatic heterocycles. The first kappa shape index (κ1) is 16.4. The van der Waals surface area contributed by atoms with Gasteiger partial charge in [0.2, 0.25) is 15.9 Å². The predicted molar refractivity (Wildman–Crippen MR) is 77.3 cm³/mol. The monoisotopic (exact) mass is 301 g/mol. The normalized spacial score (nSPS) is 11.1. The fourth-order valence-electron chi connectivity index (χ4n) is 1.41. The van der Waals surface area contributed by atoms with E-state index in [1.807, 2.05) is 0 Å². The fourth-order valence-corrected chi connectivity index (χ4v) is 1.88. The third-order valence-electron chi connectivity index (χ3n) is 2.33. The standard InChI is InChI=1S/C12H19N3O4S/c1-19-11-5-3-10(4-6-11)15-12(16)9-13-7-8-14-20(2,17)18/h3-6,13-14H,7-9H2,1-2H3,(H,15,16). The summed E-state index contributed by atoms with van der Waals surface area (Å²) >= 11 is 0. The number of ether oxygens (including phenoxy) is 1. The summed E-state index contributed by atoms with van der Waals surface area (Å²) in [4.78, 5) is 11.6. The number of anilines is 1. The zero-order valence-corrected chi connectivity index (χ0v) is 12.3. The minimum absolute atomic E-state index is 0.109. The molecule has 3 N–H and O–H groups in total. The van der Waals surface area contributed by atoms with Crippen LogP contribution in [0.25, 0.3) is 0 Å². The van der Waals surface area contributed by atoms with Crippen LogP contribution < -0.4 is 20.1 Å². The molecule has 0 bridgehead atoms. The van der Waals surface area contributed by atoms with Crippen LogP contribution in [0.3, 0.4) is 0 Å². The van der Waals surface area contributed by atoms with Crippen molar-refractivity contribution in [2.75, 3.05) is 38.3 Å². The Morgan fingerprint density at radius 1 is 1.20 bits per heavy atom. The van der Waals surface area contributed by atoms with Crippen molar-refractivity contribution in [3.8, 4) is 5.75 Å². The van der Waals surface area contributed by atoms with Crippen LogP contribution in [0.2, 0.25) is 0 Å². The smallest absolute Gasteiger partial charge is 0.238 e. The van der Waals surface area contributed by atoms with E-state index < -0.39 is 10.0 Å².